The van der Waals surface area contributed by atoms with E-state index in [2.05, 4.69) is 28.1 Å². The lowest BCUT2D eigenvalue weighted by Gasteiger charge is -2.38. The Morgan fingerprint density at radius 3 is 2.47 bits per heavy atom. The SMILES string of the molecule is CCO[C@H]1OC(C(=O)N2CCCCCCC2)=C[C@@H](c2ccc(Br)cc2)[C@@H]1CCCO. The molecular formula is C24H34BrNO4. The maximum Gasteiger partial charge on any atom is 0.288 e. The first-order valence-electron chi connectivity index (χ1n) is 11.3. The van der Waals surface area contributed by atoms with E-state index in [9.17, 15) is 9.90 Å². The molecule has 3 atom stereocenters. The number of benzene rings is 1. The molecule has 0 spiro atoms. The molecule has 30 heavy (non-hydrogen) atoms. The molecule has 1 aromatic carbocycles. The maximum atomic E-state index is 13.3. The summed E-state index contributed by atoms with van der Waals surface area (Å²) in [6, 6.07) is 8.22. The Bertz CT molecular complexity index is 698. The fourth-order valence-electron chi connectivity index (χ4n) is 4.43. The molecule has 0 radical (unpaired) electrons. The summed E-state index contributed by atoms with van der Waals surface area (Å²) in [6.45, 7) is 4.16. The van der Waals surface area contributed by atoms with E-state index in [1.54, 1.807) is 0 Å². The summed E-state index contributed by atoms with van der Waals surface area (Å²) in [5.41, 5.74) is 1.13. The minimum Gasteiger partial charge on any atom is -0.459 e. The number of ether oxygens (including phenoxy) is 2. The lowest BCUT2D eigenvalue weighted by molar-refractivity contribution is -0.170. The van der Waals surface area contributed by atoms with Crippen molar-refractivity contribution in [3.63, 3.8) is 0 Å². The molecule has 1 amide bonds. The second kappa shape index (κ2) is 11.9. The van der Waals surface area contributed by atoms with Gasteiger partial charge in [-0.15, -0.1) is 0 Å². The molecule has 0 saturated carbocycles. The van der Waals surface area contributed by atoms with Gasteiger partial charge < -0.3 is 19.5 Å². The van der Waals surface area contributed by atoms with Crippen LogP contribution in [0.3, 0.4) is 0 Å². The van der Waals surface area contributed by atoms with Crippen LogP contribution < -0.4 is 0 Å². The number of halogens is 1. The van der Waals surface area contributed by atoms with E-state index >= 15 is 0 Å². The minimum absolute atomic E-state index is 0.00339. The molecule has 1 aromatic rings. The van der Waals surface area contributed by atoms with Crippen LogP contribution in [0, 0.1) is 5.92 Å². The first-order valence-corrected chi connectivity index (χ1v) is 12.1. The fraction of sp³-hybridized carbons (Fsp3) is 0.625. The van der Waals surface area contributed by atoms with Crippen LogP contribution in [0.1, 0.15) is 63.4 Å². The zero-order chi connectivity index (χ0) is 21.3. The zero-order valence-electron chi connectivity index (χ0n) is 17.9. The van der Waals surface area contributed by atoms with Crippen molar-refractivity contribution in [2.24, 2.45) is 5.92 Å². The molecule has 2 aliphatic heterocycles. The molecule has 0 bridgehead atoms. The van der Waals surface area contributed by atoms with Crippen LogP contribution in [-0.4, -0.2) is 48.5 Å². The van der Waals surface area contributed by atoms with Crippen molar-refractivity contribution in [1.29, 1.82) is 0 Å². The van der Waals surface area contributed by atoms with E-state index in [1.165, 1.54) is 19.3 Å². The Labute approximate surface area is 188 Å². The average Bonchev–Trinajstić information content (AvgIpc) is 2.72. The molecule has 166 valence electrons. The molecule has 5 nitrogen and oxygen atoms in total. The Morgan fingerprint density at radius 1 is 1.17 bits per heavy atom. The van der Waals surface area contributed by atoms with Gasteiger partial charge in [-0.3, -0.25) is 4.79 Å². The molecule has 3 rings (SSSR count). The van der Waals surface area contributed by atoms with E-state index in [1.807, 2.05) is 30.0 Å². The number of hydrogen-bond acceptors (Lipinski definition) is 4. The average molecular weight is 480 g/mol. The zero-order valence-corrected chi connectivity index (χ0v) is 19.5. The molecule has 6 heteroatoms. The molecule has 1 saturated heterocycles. The van der Waals surface area contributed by atoms with Crippen LogP contribution in [0.25, 0.3) is 0 Å². The normalized spacial score (nSPS) is 25.1. The van der Waals surface area contributed by atoms with E-state index in [0.29, 0.717) is 18.8 Å². The Balaban J connectivity index is 1.90. The quantitative estimate of drug-likeness (QED) is 0.598. The number of likely N-dealkylation sites (tertiary alicyclic amines) is 1. The van der Waals surface area contributed by atoms with Gasteiger partial charge in [-0.1, -0.05) is 47.3 Å². The molecular weight excluding hydrogens is 446 g/mol. The summed E-state index contributed by atoms with van der Waals surface area (Å²) < 4.78 is 13.1. The van der Waals surface area contributed by atoms with Crippen molar-refractivity contribution in [2.75, 3.05) is 26.3 Å². The number of nitrogens with zero attached hydrogens (tertiary/aromatic N) is 1. The number of carbonyl (C=O) groups excluding carboxylic acids is 1. The van der Waals surface area contributed by atoms with Crippen molar-refractivity contribution in [2.45, 2.75) is 64.1 Å². The molecule has 0 aliphatic carbocycles. The number of amides is 1. The van der Waals surface area contributed by atoms with Crippen LogP contribution in [-0.2, 0) is 14.3 Å². The number of allylic oxidation sites excluding steroid dienone is 1. The van der Waals surface area contributed by atoms with Crippen LogP contribution in [0.15, 0.2) is 40.6 Å². The van der Waals surface area contributed by atoms with Crippen LogP contribution in [0.5, 0.6) is 0 Å². The van der Waals surface area contributed by atoms with Gasteiger partial charge in [0, 0.05) is 42.6 Å². The summed E-state index contributed by atoms with van der Waals surface area (Å²) in [4.78, 5) is 15.3. The number of rotatable bonds is 7. The smallest absolute Gasteiger partial charge is 0.288 e. The van der Waals surface area contributed by atoms with Crippen LogP contribution in [0.2, 0.25) is 0 Å². The first kappa shape index (κ1) is 23.3. The van der Waals surface area contributed by atoms with Crippen LogP contribution in [0.4, 0.5) is 0 Å². The number of aliphatic hydroxyl groups is 1. The van der Waals surface area contributed by atoms with E-state index in [0.717, 1.165) is 42.4 Å². The topological polar surface area (TPSA) is 59.0 Å². The van der Waals surface area contributed by atoms with Crippen molar-refractivity contribution in [1.82, 2.24) is 4.90 Å². The molecule has 0 aromatic heterocycles. The third-order valence-corrected chi connectivity index (χ3v) is 6.55. The van der Waals surface area contributed by atoms with E-state index in [4.69, 9.17) is 9.47 Å². The highest BCUT2D eigenvalue weighted by Crippen LogP contribution is 2.40. The number of aliphatic hydroxyl groups excluding tert-OH is 1. The molecule has 2 heterocycles. The van der Waals surface area contributed by atoms with Gasteiger partial charge in [0.25, 0.3) is 5.91 Å². The minimum atomic E-state index is -0.492. The monoisotopic (exact) mass is 479 g/mol. The van der Waals surface area contributed by atoms with Gasteiger partial charge in [-0.2, -0.15) is 0 Å². The fourth-order valence-corrected chi connectivity index (χ4v) is 4.69. The van der Waals surface area contributed by atoms with Crippen molar-refractivity contribution in [3.8, 4) is 0 Å². The lowest BCUT2D eigenvalue weighted by atomic mass is 9.80. The summed E-state index contributed by atoms with van der Waals surface area (Å²) in [5, 5.41) is 9.40. The summed E-state index contributed by atoms with van der Waals surface area (Å²) >= 11 is 3.51. The van der Waals surface area contributed by atoms with Gasteiger partial charge >= 0.3 is 0 Å². The van der Waals surface area contributed by atoms with Gasteiger partial charge in [0.2, 0.25) is 6.29 Å². The highest BCUT2D eigenvalue weighted by Gasteiger charge is 2.38. The Kier molecular flexibility index (Phi) is 9.22. The number of carbonyl (C=O) groups is 1. The van der Waals surface area contributed by atoms with Crippen molar-refractivity contribution < 1.29 is 19.4 Å². The lowest BCUT2D eigenvalue weighted by Crippen LogP contribution is -2.41. The first-order chi connectivity index (χ1) is 14.6. The summed E-state index contributed by atoms with van der Waals surface area (Å²) in [5.74, 6) is 0.428. The van der Waals surface area contributed by atoms with Gasteiger partial charge in [0.1, 0.15) is 0 Å². The molecule has 1 N–H and O–H groups in total. The second-order valence-corrected chi connectivity index (χ2v) is 9.06. The van der Waals surface area contributed by atoms with Gasteiger partial charge in [0.05, 0.1) is 0 Å². The predicted octanol–water partition coefficient (Wildman–Crippen LogP) is 4.99. The molecule has 0 unspecified atom stereocenters. The van der Waals surface area contributed by atoms with Gasteiger partial charge in [0.15, 0.2) is 5.76 Å². The molecule has 1 fully saturated rings. The summed E-state index contributed by atoms with van der Waals surface area (Å²) in [7, 11) is 0. The third kappa shape index (κ3) is 6.08. The van der Waals surface area contributed by atoms with Crippen molar-refractivity contribution in [3.05, 3.63) is 46.1 Å². The second-order valence-electron chi connectivity index (χ2n) is 8.14. The van der Waals surface area contributed by atoms with Crippen molar-refractivity contribution >= 4 is 21.8 Å². The Morgan fingerprint density at radius 2 is 1.83 bits per heavy atom. The molecule has 2 aliphatic rings. The third-order valence-electron chi connectivity index (χ3n) is 6.02. The predicted molar refractivity (Wildman–Crippen MR) is 121 cm³/mol. The van der Waals surface area contributed by atoms with Gasteiger partial charge in [-0.25, -0.2) is 0 Å². The summed E-state index contributed by atoms with van der Waals surface area (Å²) in [6.07, 6.45) is 8.64. The van der Waals surface area contributed by atoms with Gasteiger partial charge in [-0.05, 0) is 56.4 Å². The van der Waals surface area contributed by atoms with E-state index in [-0.39, 0.29) is 24.3 Å². The maximum absolute atomic E-state index is 13.3. The standard InChI is InChI=1S/C24H34BrNO4/c1-2-29-24-20(9-8-16-27)21(18-10-12-19(25)13-11-18)17-22(30-24)23(28)26-14-6-4-3-5-7-15-26/h10-13,17,20-21,24,27H,2-9,14-16H2,1H3/t20-,21-,24-/m0/s1. The number of hydrogen-bond donors (Lipinski definition) is 1. The Hall–Kier alpha value is -1.37. The highest BCUT2D eigenvalue weighted by molar-refractivity contribution is 9.10. The van der Waals surface area contributed by atoms with E-state index < -0.39 is 6.29 Å². The highest BCUT2D eigenvalue weighted by atomic mass is 79.9. The van der Waals surface area contributed by atoms with Crippen LogP contribution >= 0.6 is 15.9 Å². The largest absolute Gasteiger partial charge is 0.459 e.